The summed E-state index contributed by atoms with van der Waals surface area (Å²) in [4.78, 5) is 21.3. The molecule has 0 aliphatic carbocycles. The van der Waals surface area contributed by atoms with Gasteiger partial charge < -0.3 is 0 Å². The van der Waals surface area contributed by atoms with Crippen molar-refractivity contribution in [2.75, 3.05) is 13.2 Å². The fraction of sp³-hybridized carbons (Fsp3) is 1.00. The number of hydrogen-bond donors (Lipinski definition) is 0. The van der Waals surface area contributed by atoms with E-state index in [0.29, 0.717) is 13.2 Å². The van der Waals surface area contributed by atoms with Crippen molar-refractivity contribution in [3.05, 3.63) is 0 Å². The van der Waals surface area contributed by atoms with Crippen LogP contribution in [0.1, 0.15) is 79.1 Å². The first-order valence-electron chi connectivity index (χ1n) is 8.34. The van der Waals surface area contributed by atoms with Crippen molar-refractivity contribution >= 4 is 0 Å². The Bertz CT molecular complexity index is 167. The van der Waals surface area contributed by atoms with Gasteiger partial charge in [-0.25, -0.2) is 19.6 Å². The molecule has 0 radical (unpaired) electrons. The summed E-state index contributed by atoms with van der Waals surface area (Å²) in [5.41, 5.74) is 0. The summed E-state index contributed by atoms with van der Waals surface area (Å²) < 4.78 is 0. The zero-order valence-corrected chi connectivity index (χ0v) is 13.9. The van der Waals surface area contributed by atoms with E-state index < -0.39 is 0 Å². The molecule has 0 aliphatic heterocycles. The zero-order chi connectivity index (χ0) is 15.1. The summed E-state index contributed by atoms with van der Waals surface area (Å²) in [7, 11) is 0. The van der Waals surface area contributed by atoms with Crippen molar-refractivity contribution < 1.29 is 19.6 Å². The summed E-state index contributed by atoms with van der Waals surface area (Å²) in [6.45, 7) is 9.88. The summed E-state index contributed by atoms with van der Waals surface area (Å²) in [6.07, 6.45) is 8.45. The summed E-state index contributed by atoms with van der Waals surface area (Å²) >= 11 is 0. The Kier molecular flexibility index (Phi) is 15.1. The van der Waals surface area contributed by atoms with Gasteiger partial charge in [0, 0.05) is 0 Å². The minimum atomic E-state index is 0.153. The van der Waals surface area contributed by atoms with E-state index >= 15 is 0 Å². The average Bonchev–Trinajstić information content (AvgIpc) is 2.48. The molecule has 0 heterocycles. The van der Waals surface area contributed by atoms with Crippen molar-refractivity contribution in [2.45, 2.75) is 91.3 Å². The molecule has 0 bridgehead atoms. The van der Waals surface area contributed by atoms with Crippen molar-refractivity contribution in [1.29, 1.82) is 0 Å². The van der Waals surface area contributed by atoms with Crippen LogP contribution in [0.3, 0.4) is 0 Å². The largest absolute Gasteiger partial charge is 0.236 e. The molecule has 0 amide bonds. The molecule has 4 nitrogen and oxygen atoms in total. The van der Waals surface area contributed by atoms with Gasteiger partial charge in [0.15, 0.2) is 0 Å². The van der Waals surface area contributed by atoms with Gasteiger partial charge in [0.25, 0.3) is 0 Å². The van der Waals surface area contributed by atoms with E-state index in [4.69, 9.17) is 19.6 Å². The predicted octanol–water partition coefficient (Wildman–Crippen LogP) is 4.82. The van der Waals surface area contributed by atoms with Crippen LogP contribution in [0.15, 0.2) is 0 Å². The molecular formula is C16H34O4. The molecule has 0 aromatic carbocycles. The monoisotopic (exact) mass is 290 g/mol. The van der Waals surface area contributed by atoms with Gasteiger partial charge in [0.05, 0.1) is 25.4 Å². The molecule has 0 saturated carbocycles. The SMILES string of the molecule is CCCCOOC(CC)CCC(CC)OOCCCC. The van der Waals surface area contributed by atoms with Crippen molar-refractivity contribution in [3.63, 3.8) is 0 Å². The molecule has 0 N–H and O–H groups in total. The maximum absolute atomic E-state index is 5.43. The van der Waals surface area contributed by atoms with Gasteiger partial charge in [-0.1, -0.05) is 40.5 Å². The van der Waals surface area contributed by atoms with Crippen LogP contribution in [0.5, 0.6) is 0 Å². The minimum Gasteiger partial charge on any atom is -0.236 e. The lowest BCUT2D eigenvalue weighted by atomic mass is 10.1. The molecule has 2 atom stereocenters. The Labute approximate surface area is 125 Å². The van der Waals surface area contributed by atoms with Crippen molar-refractivity contribution in [3.8, 4) is 0 Å². The maximum atomic E-state index is 5.43. The first-order chi connectivity index (χ1) is 9.78. The number of rotatable bonds is 15. The third-order valence-electron chi connectivity index (χ3n) is 3.29. The zero-order valence-electron chi connectivity index (χ0n) is 13.9. The lowest BCUT2D eigenvalue weighted by Gasteiger charge is -2.19. The molecule has 0 aliphatic rings. The van der Waals surface area contributed by atoms with E-state index in [-0.39, 0.29) is 12.2 Å². The van der Waals surface area contributed by atoms with Crippen LogP contribution in [0.4, 0.5) is 0 Å². The highest BCUT2D eigenvalue weighted by Gasteiger charge is 2.14. The van der Waals surface area contributed by atoms with Crippen molar-refractivity contribution in [2.24, 2.45) is 0 Å². The summed E-state index contributed by atoms with van der Waals surface area (Å²) in [5, 5.41) is 0. The molecule has 0 saturated heterocycles. The second-order valence-corrected chi connectivity index (χ2v) is 5.18. The van der Waals surface area contributed by atoms with Gasteiger partial charge >= 0.3 is 0 Å². The standard InChI is InChI=1S/C16H34O4/c1-5-9-13-17-19-15(7-3)11-12-16(8-4)20-18-14-10-6-2/h15-16H,5-14H2,1-4H3. The smallest absolute Gasteiger partial charge is 0.0928 e. The highest BCUT2D eigenvalue weighted by molar-refractivity contribution is 4.60. The van der Waals surface area contributed by atoms with E-state index in [0.717, 1.165) is 51.4 Å². The van der Waals surface area contributed by atoms with E-state index in [1.54, 1.807) is 0 Å². The van der Waals surface area contributed by atoms with Crippen molar-refractivity contribution in [1.82, 2.24) is 0 Å². The molecule has 122 valence electrons. The Morgan fingerprint density at radius 2 is 1.05 bits per heavy atom. The van der Waals surface area contributed by atoms with E-state index in [1.165, 1.54) is 0 Å². The Balaban J connectivity index is 3.70. The van der Waals surface area contributed by atoms with E-state index in [1.807, 2.05) is 0 Å². The highest BCUT2D eigenvalue weighted by atomic mass is 17.2. The van der Waals surface area contributed by atoms with Gasteiger partial charge in [-0.15, -0.1) is 0 Å². The molecule has 4 heteroatoms. The number of unbranched alkanes of at least 4 members (excludes halogenated alkanes) is 2. The number of hydrogen-bond acceptors (Lipinski definition) is 4. The van der Waals surface area contributed by atoms with E-state index in [9.17, 15) is 0 Å². The average molecular weight is 290 g/mol. The van der Waals surface area contributed by atoms with E-state index in [2.05, 4.69) is 27.7 Å². The third-order valence-corrected chi connectivity index (χ3v) is 3.29. The van der Waals surface area contributed by atoms with Crippen LogP contribution in [0.2, 0.25) is 0 Å². The second-order valence-electron chi connectivity index (χ2n) is 5.18. The Morgan fingerprint density at radius 3 is 1.35 bits per heavy atom. The molecule has 0 aromatic heterocycles. The first kappa shape index (κ1) is 19.8. The minimum absolute atomic E-state index is 0.153. The van der Waals surface area contributed by atoms with Crippen LogP contribution in [0.25, 0.3) is 0 Å². The molecule has 0 rings (SSSR count). The Morgan fingerprint density at radius 1 is 0.650 bits per heavy atom. The highest BCUT2D eigenvalue weighted by Crippen LogP contribution is 2.14. The van der Waals surface area contributed by atoms with Gasteiger partial charge in [-0.3, -0.25) is 0 Å². The molecular weight excluding hydrogens is 256 g/mol. The molecule has 2 unspecified atom stereocenters. The third kappa shape index (κ3) is 11.6. The van der Waals surface area contributed by atoms with Crippen LogP contribution in [0, 0.1) is 0 Å². The molecule has 0 fully saturated rings. The quantitative estimate of drug-likeness (QED) is 0.246. The Hall–Kier alpha value is -0.160. The van der Waals surface area contributed by atoms with Gasteiger partial charge in [0.1, 0.15) is 0 Å². The molecule has 20 heavy (non-hydrogen) atoms. The first-order valence-corrected chi connectivity index (χ1v) is 8.34. The normalized spacial score (nSPS) is 14.4. The van der Waals surface area contributed by atoms with Crippen LogP contribution < -0.4 is 0 Å². The van der Waals surface area contributed by atoms with Gasteiger partial charge in [0.2, 0.25) is 0 Å². The lowest BCUT2D eigenvalue weighted by molar-refractivity contribution is -0.337. The summed E-state index contributed by atoms with van der Waals surface area (Å²) in [6, 6.07) is 0. The predicted molar refractivity (Wildman–Crippen MR) is 81.3 cm³/mol. The van der Waals surface area contributed by atoms with Crippen LogP contribution >= 0.6 is 0 Å². The topological polar surface area (TPSA) is 36.9 Å². The maximum Gasteiger partial charge on any atom is 0.0928 e. The van der Waals surface area contributed by atoms with Crippen LogP contribution in [-0.2, 0) is 19.6 Å². The summed E-state index contributed by atoms with van der Waals surface area (Å²) in [5.74, 6) is 0. The molecule has 0 aromatic rings. The fourth-order valence-corrected chi connectivity index (χ4v) is 1.71. The van der Waals surface area contributed by atoms with Gasteiger partial charge in [-0.05, 0) is 38.5 Å². The van der Waals surface area contributed by atoms with Crippen LogP contribution in [-0.4, -0.2) is 25.4 Å². The van der Waals surface area contributed by atoms with Gasteiger partial charge in [-0.2, -0.15) is 0 Å². The fourth-order valence-electron chi connectivity index (χ4n) is 1.71. The molecule has 0 spiro atoms. The lowest BCUT2D eigenvalue weighted by Crippen LogP contribution is -2.19. The second kappa shape index (κ2) is 15.2.